The van der Waals surface area contributed by atoms with Crippen LogP contribution < -0.4 is 10.2 Å². The van der Waals surface area contributed by atoms with E-state index in [1.165, 1.54) is 0 Å². The molecule has 0 aliphatic carbocycles. The summed E-state index contributed by atoms with van der Waals surface area (Å²) < 4.78 is 5.59. The van der Waals surface area contributed by atoms with Gasteiger partial charge in [0.05, 0.1) is 6.04 Å². The van der Waals surface area contributed by atoms with Crippen molar-refractivity contribution in [2.75, 3.05) is 31.1 Å². The minimum absolute atomic E-state index is 0.0219. The molecular formula is C30H46N4O5. The van der Waals surface area contributed by atoms with E-state index in [4.69, 9.17) is 4.74 Å². The van der Waals surface area contributed by atoms with Crippen LogP contribution >= 0.6 is 0 Å². The van der Waals surface area contributed by atoms with Gasteiger partial charge < -0.3 is 24.8 Å². The van der Waals surface area contributed by atoms with E-state index < -0.39 is 11.0 Å². The lowest BCUT2D eigenvalue weighted by Crippen LogP contribution is -2.54. The number of likely N-dealkylation sites (tertiary alicyclic amines) is 1. The van der Waals surface area contributed by atoms with E-state index in [1.54, 1.807) is 16.7 Å². The van der Waals surface area contributed by atoms with Gasteiger partial charge in [-0.15, -0.1) is 0 Å². The average molecular weight is 543 g/mol. The zero-order valence-electron chi connectivity index (χ0n) is 24.9. The third kappa shape index (κ3) is 7.31. The van der Waals surface area contributed by atoms with Crippen molar-refractivity contribution in [2.45, 2.75) is 98.8 Å². The summed E-state index contributed by atoms with van der Waals surface area (Å²) in [6, 6.07) is 5.37. The molecule has 1 N–H and O–H groups in total. The smallest absolute Gasteiger partial charge is 0.410 e. The Morgan fingerprint density at radius 1 is 1.21 bits per heavy atom. The van der Waals surface area contributed by atoms with Crippen LogP contribution in [0.1, 0.15) is 90.6 Å². The Kier molecular flexibility index (Phi) is 9.34. The van der Waals surface area contributed by atoms with Crippen molar-refractivity contribution in [3.8, 4) is 0 Å². The predicted molar refractivity (Wildman–Crippen MR) is 152 cm³/mol. The predicted octanol–water partition coefficient (Wildman–Crippen LogP) is 4.38. The Hall–Kier alpha value is -3.10. The largest absolute Gasteiger partial charge is 0.444 e. The molecular weight excluding hydrogens is 496 g/mol. The maximum Gasteiger partial charge on any atom is 0.410 e. The van der Waals surface area contributed by atoms with Crippen molar-refractivity contribution in [1.82, 2.24) is 15.1 Å². The van der Waals surface area contributed by atoms with Gasteiger partial charge >= 0.3 is 6.09 Å². The normalized spacial score (nSPS) is 19.0. The molecule has 1 aromatic carbocycles. The first kappa shape index (κ1) is 30.4. The van der Waals surface area contributed by atoms with Gasteiger partial charge in [-0.2, -0.15) is 0 Å². The van der Waals surface area contributed by atoms with Crippen LogP contribution in [0.2, 0.25) is 0 Å². The molecule has 39 heavy (non-hydrogen) atoms. The molecule has 0 aromatic heterocycles. The van der Waals surface area contributed by atoms with Gasteiger partial charge in [0, 0.05) is 55.3 Å². The van der Waals surface area contributed by atoms with Gasteiger partial charge in [-0.3, -0.25) is 14.4 Å². The van der Waals surface area contributed by atoms with Crippen molar-refractivity contribution in [2.24, 2.45) is 5.41 Å². The Bertz CT molecular complexity index is 1090. The van der Waals surface area contributed by atoms with Crippen LogP contribution in [0.15, 0.2) is 18.2 Å². The summed E-state index contributed by atoms with van der Waals surface area (Å²) in [6.45, 7) is 16.8. The maximum atomic E-state index is 14.0. The fraction of sp³-hybridized carbons (Fsp3) is 0.667. The van der Waals surface area contributed by atoms with E-state index in [2.05, 4.69) is 5.32 Å². The SMILES string of the molecule is CCC(=O)NCCN1C(=O)C(C)(C)Cc2ccc(C(=O)N(C(C)C)[C@@H]3CCCN(C(=O)OC(C)(C)C)C3)cc21. The second-order valence-corrected chi connectivity index (χ2v) is 12.6. The molecule has 1 atom stereocenters. The average Bonchev–Trinajstić information content (AvgIpc) is 2.84. The molecule has 1 fully saturated rings. The number of amides is 4. The minimum Gasteiger partial charge on any atom is -0.444 e. The summed E-state index contributed by atoms with van der Waals surface area (Å²) in [4.78, 5) is 57.2. The second kappa shape index (κ2) is 12.0. The zero-order valence-corrected chi connectivity index (χ0v) is 24.9. The molecule has 4 amide bonds. The number of piperidine rings is 1. The van der Waals surface area contributed by atoms with E-state index in [1.807, 2.05) is 71.6 Å². The van der Waals surface area contributed by atoms with Crippen LogP contribution in [-0.2, 0) is 20.7 Å². The molecule has 0 unspecified atom stereocenters. The fourth-order valence-electron chi connectivity index (χ4n) is 5.42. The molecule has 2 aliphatic heterocycles. The topological polar surface area (TPSA) is 99.3 Å². The summed E-state index contributed by atoms with van der Waals surface area (Å²) in [5, 5.41) is 2.85. The number of nitrogens with one attached hydrogen (secondary N) is 1. The van der Waals surface area contributed by atoms with Crippen molar-refractivity contribution in [3.05, 3.63) is 29.3 Å². The van der Waals surface area contributed by atoms with Crippen LogP contribution in [0, 0.1) is 5.41 Å². The lowest BCUT2D eigenvalue weighted by Gasteiger charge is -2.42. The van der Waals surface area contributed by atoms with Gasteiger partial charge in [0.2, 0.25) is 11.8 Å². The first-order valence-electron chi connectivity index (χ1n) is 14.2. The highest BCUT2D eigenvalue weighted by Gasteiger charge is 2.40. The molecule has 9 heteroatoms. The number of carbonyl (C=O) groups excluding carboxylic acids is 4. The molecule has 0 spiro atoms. The molecule has 3 rings (SSSR count). The van der Waals surface area contributed by atoms with Gasteiger partial charge in [-0.05, 0) is 71.6 Å². The van der Waals surface area contributed by atoms with Gasteiger partial charge in [-0.25, -0.2) is 4.79 Å². The summed E-state index contributed by atoms with van der Waals surface area (Å²) in [7, 11) is 0. The van der Waals surface area contributed by atoms with E-state index >= 15 is 0 Å². The van der Waals surface area contributed by atoms with Gasteiger partial charge in [0.15, 0.2) is 0 Å². The van der Waals surface area contributed by atoms with Crippen molar-refractivity contribution >= 4 is 29.5 Å². The minimum atomic E-state index is -0.585. The van der Waals surface area contributed by atoms with Crippen molar-refractivity contribution in [3.63, 3.8) is 0 Å². The summed E-state index contributed by atoms with van der Waals surface area (Å²) in [5.74, 6) is -0.213. The number of ether oxygens (including phenoxy) is 1. The quantitative estimate of drug-likeness (QED) is 0.551. The Morgan fingerprint density at radius 2 is 1.90 bits per heavy atom. The molecule has 2 heterocycles. The molecule has 1 saturated heterocycles. The Labute approximate surface area is 233 Å². The lowest BCUT2D eigenvalue weighted by molar-refractivity contribution is -0.127. The summed E-state index contributed by atoms with van der Waals surface area (Å²) >= 11 is 0. The van der Waals surface area contributed by atoms with Gasteiger partial charge in [0.25, 0.3) is 5.91 Å². The van der Waals surface area contributed by atoms with Crippen LogP contribution in [0.3, 0.4) is 0 Å². The third-order valence-corrected chi connectivity index (χ3v) is 7.29. The number of hydrogen-bond acceptors (Lipinski definition) is 5. The van der Waals surface area contributed by atoms with E-state index in [9.17, 15) is 19.2 Å². The second-order valence-electron chi connectivity index (χ2n) is 12.6. The molecule has 216 valence electrons. The number of hydrogen-bond donors (Lipinski definition) is 1. The summed E-state index contributed by atoms with van der Waals surface area (Å²) in [5.41, 5.74) is 1.07. The van der Waals surface area contributed by atoms with Crippen LogP contribution in [0.5, 0.6) is 0 Å². The first-order chi connectivity index (χ1) is 18.1. The number of anilines is 1. The molecule has 1 aromatic rings. The van der Waals surface area contributed by atoms with Crippen LogP contribution in [0.4, 0.5) is 10.5 Å². The molecule has 0 bridgehead atoms. The van der Waals surface area contributed by atoms with Crippen molar-refractivity contribution in [1.29, 1.82) is 0 Å². The van der Waals surface area contributed by atoms with Crippen molar-refractivity contribution < 1.29 is 23.9 Å². The Balaban J connectivity index is 1.86. The first-order valence-corrected chi connectivity index (χ1v) is 14.2. The number of benzene rings is 1. The van der Waals surface area contributed by atoms with Crippen LogP contribution in [0.25, 0.3) is 0 Å². The van der Waals surface area contributed by atoms with E-state index in [0.29, 0.717) is 44.6 Å². The zero-order chi connectivity index (χ0) is 29.1. The molecule has 0 saturated carbocycles. The highest BCUT2D eigenvalue weighted by Crippen LogP contribution is 2.38. The lowest BCUT2D eigenvalue weighted by atomic mass is 9.80. The highest BCUT2D eigenvalue weighted by atomic mass is 16.6. The van der Waals surface area contributed by atoms with Crippen LogP contribution in [-0.4, -0.2) is 77.5 Å². The number of fused-ring (bicyclic) bond motifs is 1. The maximum absolute atomic E-state index is 14.0. The van der Waals surface area contributed by atoms with Gasteiger partial charge in [0.1, 0.15) is 5.60 Å². The Morgan fingerprint density at radius 3 is 2.51 bits per heavy atom. The molecule has 0 radical (unpaired) electrons. The molecule has 9 nitrogen and oxygen atoms in total. The highest BCUT2D eigenvalue weighted by molar-refractivity contribution is 6.02. The number of carbonyl (C=O) groups is 4. The number of nitrogens with zero attached hydrogens (tertiary/aromatic N) is 3. The van der Waals surface area contributed by atoms with E-state index in [-0.39, 0.29) is 35.9 Å². The van der Waals surface area contributed by atoms with E-state index in [0.717, 1.165) is 24.1 Å². The monoisotopic (exact) mass is 542 g/mol. The molecule has 2 aliphatic rings. The summed E-state index contributed by atoms with van der Waals surface area (Å²) in [6.07, 6.45) is 2.18. The fourth-order valence-corrected chi connectivity index (χ4v) is 5.42. The standard InChI is InChI=1S/C30H46N4O5/c1-9-25(35)31-14-16-33-24-17-21(12-13-22(24)18-30(7,8)27(33)37)26(36)34(20(2)3)23-11-10-15-32(19-23)28(38)39-29(4,5)6/h12-13,17,20,23H,9-11,14-16,18-19H2,1-8H3,(H,31,35)/t23-/m1/s1. The van der Waals surface area contributed by atoms with Gasteiger partial charge in [-0.1, -0.05) is 26.8 Å². The number of rotatable bonds is 7. The third-order valence-electron chi connectivity index (χ3n) is 7.29.